The predicted molar refractivity (Wildman–Crippen MR) is 75.8 cm³/mol. The van der Waals surface area contributed by atoms with Crippen molar-refractivity contribution in [3.63, 3.8) is 0 Å². The first-order valence-electron chi connectivity index (χ1n) is 6.55. The molecule has 0 radical (unpaired) electrons. The third kappa shape index (κ3) is 2.69. The Morgan fingerprint density at radius 1 is 1.05 bits per heavy atom. The van der Waals surface area contributed by atoms with E-state index in [2.05, 4.69) is 0 Å². The van der Waals surface area contributed by atoms with E-state index in [0.29, 0.717) is 18.8 Å². The monoisotopic (exact) mass is 276 g/mol. The second-order valence-corrected chi connectivity index (χ2v) is 4.15. The lowest BCUT2D eigenvalue weighted by Gasteiger charge is -2.15. The van der Waals surface area contributed by atoms with Gasteiger partial charge in [0.05, 0.1) is 13.2 Å². The van der Waals surface area contributed by atoms with E-state index in [9.17, 15) is 9.50 Å². The summed E-state index contributed by atoms with van der Waals surface area (Å²) < 4.78 is 24.9. The summed E-state index contributed by atoms with van der Waals surface area (Å²) in [5.74, 6) is -1.15. The summed E-state index contributed by atoms with van der Waals surface area (Å²) in [4.78, 5) is 0. The van der Waals surface area contributed by atoms with Crippen molar-refractivity contribution in [1.82, 2.24) is 0 Å². The van der Waals surface area contributed by atoms with Crippen molar-refractivity contribution >= 4 is 0 Å². The number of rotatable bonds is 5. The smallest absolute Gasteiger partial charge is 0.211 e. The Kier molecular flexibility index (Phi) is 4.45. The molecule has 2 aromatic carbocycles. The fourth-order valence-electron chi connectivity index (χ4n) is 1.98. The molecule has 0 atom stereocenters. The second kappa shape index (κ2) is 6.28. The third-order valence-corrected chi connectivity index (χ3v) is 2.83. The number of phenolic OH excluding ortho intramolecular Hbond substituents is 1. The molecule has 1 N–H and O–H groups in total. The molecule has 2 aromatic rings. The Bertz CT molecular complexity index is 582. The molecular weight excluding hydrogens is 259 g/mol. The van der Waals surface area contributed by atoms with Gasteiger partial charge in [0.15, 0.2) is 17.2 Å². The van der Waals surface area contributed by atoms with Gasteiger partial charge in [-0.15, -0.1) is 0 Å². The van der Waals surface area contributed by atoms with Crippen LogP contribution >= 0.6 is 0 Å². The zero-order valence-electron chi connectivity index (χ0n) is 11.5. The van der Waals surface area contributed by atoms with Crippen LogP contribution in [0.25, 0.3) is 11.1 Å². The Morgan fingerprint density at radius 3 is 2.30 bits per heavy atom. The van der Waals surface area contributed by atoms with E-state index in [1.165, 1.54) is 0 Å². The number of ether oxygens (including phenoxy) is 2. The van der Waals surface area contributed by atoms with Gasteiger partial charge in [0.25, 0.3) is 0 Å². The summed E-state index contributed by atoms with van der Waals surface area (Å²) in [5, 5.41) is 9.83. The molecule has 2 rings (SSSR count). The summed E-state index contributed by atoms with van der Waals surface area (Å²) in [6, 6.07) is 10.9. The van der Waals surface area contributed by atoms with E-state index < -0.39 is 11.6 Å². The van der Waals surface area contributed by atoms with Crippen molar-refractivity contribution < 1.29 is 19.0 Å². The standard InChI is InChI=1S/C16H17FO3/c1-3-19-13-10-12(11-8-6-5-7-9-11)16(20-4-2)14(17)15(13)18/h5-10,18H,3-4H2,1-2H3. The highest BCUT2D eigenvalue weighted by Crippen LogP contribution is 2.43. The van der Waals surface area contributed by atoms with E-state index in [4.69, 9.17) is 9.47 Å². The first-order valence-corrected chi connectivity index (χ1v) is 6.55. The van der Waals surface area contributed by atoms with Gasteiger partial charge < -0.3 is 14.6 Å². The molecule has 0 fully saturated rings. The summed E-state index contributed by atoms with van der Waals surface area (Å²) in [7, 11) is 0. The quantitative estimate of drug-likeness (QED) is 0.897. The number of benzene rings is 2. The highest BCUT2D eigenvalue weighted by Gasteiger charge is 2.20. The molecule has 0 aliphatic heterocycles. The SMILES string of the molecule is CCOc1cc(-c2ccccc2)c(OCC)c(F)c1O. The molecule has 0 aliphatic rings. The highest BCUT2D eigenvalue weighted by atomic mass is 19.1. The van der Waals surface area contributed by atoms with Gasteiger partial charge in [-0.2, -0.15) is 4.39 Å². The number of hydrogen-bond donors (Lipinski definition) is 1. The molecule has 0 saturated carbocycles. The van der Waals surface area contributed by atoms with Gasteiger partial charge in [-0.3, -0.25) is 0 Å². The topological polar surface area (TPSA) is 38.7 Å². The number of hydrogen-bond acceptors (Lipinski definition) is 3. The maximum atomic E-state index is 14.3. The van der Waals surface area contributed by atoms with Crippen molar-refractivity contribution in [2.75, 3.05) is 13.2 Å². The summed E-state index contributed by atoms with van der Waals surface area (Å²) in [6.07, 6.45) is 0. The van der Waals surface area contributed by atoms with Crippen molar-refractivity contribution in [2.24, 2.45) is 0 Å². The van der Waals surface area contributed by atoms with Crippen LogP contribution in [0.15, 0.2) is 36.4 Å². The maximum Gasteiger partial charge on any atom is 0.211 e. The van der Waals surface area contributed by atoms with E-state index in [1.54, 1.807) is 19.9 Å². The minimum absolute atomic E-state index is 0.0413. The van der Waals surface area contributed by atoms with Crippen molar-refractivity contribution in [2.45, 2.75) is 13.8 Å². The highest BCUT2D eigenvalue weighted by molar-refractivity contribution is 5.74. The first kappa shape index (κ1) is 14.2. The van der Waals surface area contributed by atoms with Crippen LogP contribution in [0.1, 0.15) is 13.8 Å². The third-order valence-electron chi connectivity index (χ3n) is 2.83. The fourth-order valence-corrected chi connectivity index (χ4v) is 1.98. The lowest BCUT2D eigenvalue weighted by molar-refractivity contribution is 0.291. The molecular formula is C16H17FO3. The van der Waals surface area contributed by atoms with Gasteiger partial charge in [0.2, 0.25) is 5.82 Å². The number of halogens is 1. The zero-order chi connectivity index (χ0) is 14.5. The Balaban J connectivity index is 2.63. The Morgan fingerprint density at radius 2 is 1.70 bits per heavy atom. The van der Waals surface area contributed by atoms with E-state index >= 15 is 0 Å². The van der Waals surface area contributed by atoms with Crippen LogP contribution in [0.4, 0.5) is 4.39 Å². The average Bonchev–Trinajstić information content (AvgIpc) is 2.48. The fraction of sp³-hybridized carbons (Fsp3) is 0.250. The Labute approximate surface area is 117 Å². The van der Waals surface area contributed by atoms with Crippen LogP contribution in [0, 0.1) is 5.82 Å². The van der Waals surface area contributed by atoms with Crippen LogP contribution in [-0.4, -0.2) is 18.3 Å². The van der Waals surface area contributed by atoms with E-state index in [1.807, 2.05) is 30.3 Å². The molecule has 106 valence electrons. The van der Waals surface area contributed by atoms with Crippen molar-refractivity contribution in [3.05, 3.63) is 42.2 Å². The van der Waals surface area contributed by atoms with E-state index in [-0.39, 0.29) is 11.5 Å². The molecule has 4 heteroatoms. The average molecular weight is 276 g/mol. The number of phenols is 1. The molecule has 0 heterocycles. The van der Waals surface area contributed by atoms with Crippen LogP contribution in [0.2, 0.25) is 0 Å². The molecule has 0 saturated heterocycles. The van der Waals surface area contributed by atoms with Crippen molar-refractivity contribution in [3.8, 4) is 28.4 Å². The molecule has 20 heavy (non-hydrogen) atoms. The van der Waals surface area contributed by atoms with Gasteiger partial charge in [-0.05, 0) is 25.5 Å². The van der Waals surface area contributed by atoms with Crippen molar-refractivity contribution in [1.29, 1.82) is 0 Å². The molecule has 0 bridgehead atoms. The van der Waals surface area contributed by atoms with Crippen LogP contribution in [0.5, 0.6) is 17.2 Å². The molecule has 0 aliphatic carbocycles. The second-order valence-electron chi connectivity index (χ2n) is 4.15. The molecule has 3 nitrogen and oxygen atoms in total. The minimum atomic E-state index is -0.795. The molecule has 0 amide bonds. The van der Waals surface area contributed by atoms with Gasteiger partial charge in [-0.1, -0.05) is 30.3 Å². The van der Waals surface area contributed by atoms with Gasteiger partial charge in [0, 0.05) is 5.56 Å². The molecule has 0 spiro atoms. The van der Waals surface area contributed by atoms with Gasteiger partial charge in [-0.25, -0.2) is 0 Å². The number of aromatic hydroxyl groups is 1. The summed E-state index contributed by atoms with van der Waals surface area (Å²) in [5.41, 5.74) is 1.36. The normalized spacial score (nSPS) is 10.3. The molecule has 0 aromatic heterocycles. The maximum absolute atomic E-state index is 14.3. The van der Waals surface area contributed by atoms with Crippen LogP contribution in [0.3, 0.4) is 0 Å². The predicted octanol–water partition coefficient (Wildman–Crippen LogP) is 4.00. The summed E-state index contributed by atoms with van der Waals surface area (Å²) >= 11 is 0. The minimum Gasteiger partial charge on any atom is -0.502 e. The first-order chi connectivity index (χ1) is 9.69. The largest absolute Gasteiger partial charge is 0.502 e. The van der Waals surface area contributed by atoms with Gasteiger partial charge >= 0.3 is 0 Å². The summed E-state index contributed by atoms with van der Waals surface area (Å²) in [6.45, 7) is 4.19. The zero-order valence-corrected chi connectivity index (χ0v) is 11.5. The molecule has 0 unspecified atom stereocenters. The van der Waals surface area contributed by atoms with E-state index in [0.717, 1.165) is 5.56 Å². The lowest BCUT2D eigenvalue weighted by atomic mass is 10.0. The van der Waals surface area contributed by atoms with Gasteiger partial charge in [0.1, 0.15) is 0 Å². The Hall–Kier alpha value is -2.23. The lowest BCUT2D eigenvalue weighted by Crippen LogP contribution is -2.00. The van der Waals surface area contributed by atoms with Crippen LogP contribution in [-0.2, 0) is 0 Å². The van der Waals surface area contributed by atoms with Crippen LogP contribution < -0.4 is 9.47 Å².